The summed E-state index contributed by atoms with van der Waals surface area (Å²) in [6.07, 6.45) is 5.76. The monoisotopic (exact) mass is 249 g/mol. The Morgan fingerprint density at radius 1 is 1.44 bits per heavy atom. The van der Waals surface area contributed by atoms with Gasteiger partial charge >= 0.3 is 6.01 Å². The lowest BCUT2D eigenvalue weighted by molar-refractivity contribution is 0.108. The molecule has 4 heteroatoms. The van der Waals surface area contributed by atoms with Gasteiger partial charge in [0.15, 0.2) is 0 Å². The van der Waals surface area contributed by atoms with Crippen molar-refractivity contribution in [1.82, 2.24) is 15.3 Å². The largest absolute Gasteiger partial charge is 0.460 e. The molecule has 2 rings (SSSR count). The highest BCUT2D eigenvalue weighted by Crippen LogP contribution is 2.23. The van der Waals surface area contributed by atoms with Gasteiger partial charge in [-0.1, -0.05) is 13.8 Å². The van der Waals surface area contributed by atoms with Crippen molar-refractivity contribution in [3.05, 3.63) is 17.5 Å². The zero-order valence-electron chi connectivity index (χ0n) is 11.6. The molecule has 0 aliphatic heterocycles. The lowest BCUT2D eigenvalue weighted by Gasteiger charge is -2.25. The molecule has 1 aliphatic rings. The van der Waals surface area contributed by atoms with Crippen LogP contribution in [-0.2, 0) is 6.54 Å². The molecule has 100 valence electrons. The number of hydrogen-bond acceptors (Lipinski definition) is 4. The lowest BCUT2D eigenvalue weighted by Crippen LogP contribution is -2.26. The Balaban J connectivity index is 1.87. The van der Waals surface area contributed by atoms with E-state index in [1.165, 1.54) is 6.42 Å². The van der Waals surface area contributed by atoms with Crippen LogP contribution in [0, 0.1) is 12.8 Å². The average Bonchev–Trinajstić information content (AvgIpc) is 2.26. The fourth-order valence-corrected chi connectivity index (χ4v) is 1.83. The quantitative estimate of drug-likeness (QED) is 0.841. The molecule has 4 nitrogen and oxygen atoms in total. The van der Waals surface area contributed by atoms with Crippen molar-refractivity contribution >= 4 is 0 Å². The summed E-state index contributed by atoms with van der Waals surface area (Å²) in [6.45, 7) is 8.26. The molecule has 1 fully saturated rings. The van der Waals surface area contributed by atoms with Gasteiger partial charge in [-0.05, 0) is 38.6 Å². The van der Waals surface area contributed by atoms with E-state index in [1.54, 1.807) is 0 Å². The number of rotatable bonds is 6. The predicted molar refractivity (Wildman–Crippen MR) is 71.6 cm³/mol. The minimum Gasteiger partial charge on any atom is -0.460 e. The fraction of sp³-hybridized carbons (Fsp3) is 0.714. The second kappa shape index (κ2) is 6.14. The number of aryl methyl sites for hydroxylation is 1. The molecular formula is C14H23N3O. The Bertz CT molecular complexity index is 389. The summed E-state index contributed by atoms with van der Waals surface area (Å²) < 4.78 is 5.69. The molecule has 1 saturated carbocycles. The molecular weight excluding hydrogens is 226 g/mol. The summed E-state index contributed by atoms with van der Waals surface area (Å²) in [5.74, 6) is 0.660. The molecule has 0 saturated heterocycles. The Morgan fingerprint density at radius 2 is 2.22 bits per heavy atom. The van der Waals surface area contributed by atoms with Crippen LogP contribution in [0.1, 0.15) is 44.4 Å². The molecule has 1 heterocycles. The Morgan fingerprint density at radius 3 is 2.78 bits per heavy atom. The van der Waals surface area contributed by atoms with Crippen LogP contribution < -0.4 is 10.1 Å². The van der Waals surface area contributed by atoms with Gasteiger partial charge in [0.25, 0.3) is 0 Å². The van der Waals surface area contributed by atoms with Gasteiger partial charge in [-0.3, -0.25) is 0 Å². The summed E-state index contributed by atoms with van der Waals surface area (Å²) in [5, 5.41) is 3.40. The van der Waals surface area contributed by atoms with Crippen molar-refractivity contribution < 1.29 is 4.74 Å². The first kappa shape index (κ1) is 13.3. The van der Waals surface area contributed by atoms with Gasteiger partial charge in [-0.25, -0.2) is 9.97 Å². The first-order chi connectivity index (χ1) is 8.65. The van der Waals surface area contributed by atoms with E-state index >= 15 is 0 Å². The van der Waals surface area contributed by atoms with Crippen LogP contribution >= 0.6 is 0 Å². The Hall–Kier alpha value is -1.16. The van der Waals surface area contributed by atoms with E-state index in [0.29, 0.717) is 18.0 Å². The maximum absolute atomic E-state index is 5.69. The average molecular weight is 249 g/mol. The molecule has 0 atom stereocenters. The van der Waals surface area contributed by atoms with Gasteiger partial charge in [-0.15, -0.1) is 0 Å². The molecule has 0 aromatic carbocycles. The minimum absolute atomic E-state index is 0.342. The highest BCUT2D eigenvalue weighted by Gasteiger charge is 2.20. The van der Waals surface area contributed by atoms with Crippen LogP contribution in [0.5, 0.6) is 6.01 Å². The summed E-state index contributed by atoms with van der Waals surface area (Å²) in [7, 11) is 0. The van der Waals surface area contributed by atoms with E-state index in [4.69, 9.17) is 4.74 Å². The maximum Gasteiger partial charge on any atom is 0.316 e. The zero-order chi connectivity index (χ0) is 13.0. The smallest absolute Gasteiger partial charge is 0.316 e. The summed E-state index contributed by atoms with van der Waals surface area (Å²) >= 11 is 0. The summed E-state index contributed by atoms with van der Waals surface area (Å²) in [4.78, 5) is 8.71. The van der Waals surface area contributed by atoms with Crippen molar-refractivity contribution in [2.24, 2.45) is 5.92 Å². The van der Waals surface area contributed by atoms with E-state index in [1.807, 2.05) is 13.1 Å². The molecule has 1 aromatic rings. The van der Waals surface area contributed by atoms with Gasteiger partial charge in [-0.2, -0.15) is 0 Å². The van der Waals surface area contributed by atoms with Crippen LogP contribution in [-0.4, -0.2) is 22.6 Å². The van der Waals surface area contributed by atoms with Crippen molar-refractivity contribution in [3.63, 3.8) is 0 Å². The first-order valence-electron chi connectivity index (χ1n) is 6.85. The van der Waals surface area contributed by atoms with E-state index in [0.717, 1.165) is 37.2 Å². The molecule has 0 radical (unpaired) electrons. The first-order valence-corrected chi connectivity index (χ1v) is 6.85. The number of nitrogens with zero attached hydrogens (tertiary/aromatic N) is 2. The van der Waals surface area contributed by atoms with Crippen LogP contribution in [0.15, 0.2) is 6.20 Å². The topological polar surface area (TPSA) is 47.0 Å². The van der Waals surface area contributed by atoms with Gasteiger partial charge in [0.2, 0.25) is 0 Å². The number of ether oxygens (including phenoxy) is 1. The number of hydrogen-bond donors (Lipinski definition) is 1. The van der Waals surface area contributed by atoms with Crippen molar-refractivity contribution in [2.75, 3.05) is 6.54 Å². The highest BCUT2D eigenvalue weighted by atomic mass is 16.5. The van der Waals surface area contributed by atoms with Crippen molar-refractivity contribution in [2.45, 2.75) is 52.7 Å². The van der Waals surface area contributed by atoms with Gasteiger partial charge in [0.1, 0.15) is 6.10 Å². The van der Waals surface area contributed by atoms with E-state index in [2.05, 4.69) is 29.1 Å². The minimum atomic E-state index is 0.342. The zero-order valence-corrected chi connectivity index (χ0v) is 11.6. The molecule has 0 bridgehead atoms. The van der Waals surface area contributed by atoms with Crippen molar-refractivity contribution in [1.29, 1.82) is 0 Å². The normalized spacial score (nSPS) is 15.8. The Labute approximate surface area is 109 Å². The standard InChI is InChI=1S/C14H23N3O/c1-10(2)7-15-8-12-9-16-14(17-11(12)3)18-13-5-4-6-13/h9-10,13,15H,4-8H2,1-3H3. The third kappa shape index (κ3) is 3.67. The molecule has 1 aliphatic carbocycles. The summed E-state index contributed by atoms with van der Waals surface area (Å²) in [6, 6.07) is 0.532. The van der Waals surface area contributed by atoms with Crippen LogP contribution in [0.2, 0.25) is 0 Å². The van der Waals surface area contributed by atoms with Crippen LogP contribution in [0.3, 0.4) is 0 Å². The SMILES string of the molecule is Cc1nc(OC2CCC2)ncc1CNCC(C)C. The molecule has 1 N–H and O–H groups in total. The molecule has 0 spiro atoms. The maximum atomic E-state index is 5.69. The van der Waals surface area contributed by atoms with E-state index in [9.17, 15) is 0 Å². The third-order valence-corrected chi connectivity index (χ3v) is 3.25. The Kier molecular flexibility index (Phi) is 4.53. The molecule has 0 unspecified atom stereocenters. The second-order valence-electron chi connectivity index (χ2n) is 5.46. The highest BCUT2D eigenvalue weighted by molar-refractivity contribution is 5.17. The number of aromatic nitrogens is 2. The lowest BCUT2D eigenvalue weighted by atomic mass is 9.96. The molecule has 0 amide bonds. The van der Waals surface area contributed by atoms with Crippen LogP contribution in [0.4, 0.5) is 0 Å². The molecule has 1 aromatic heterocycles. The summed E-state index contributed by atoms with van der Waals surface area (Å²) in [5.41, 5.74) is 2.16. The van der Waals surface area contributed by atoms with E-state index in [-0.39, 0.29) is 0 Å². The fourth-order valence-electron chi connectivity index (χ4n) is 1.83. The second-order valence-corrected chi connectivity index (χ2v) is 5.46. The van der Waals surface area contributed by atoms with E-state index < -0.39 is 0 Å². The predicted octanol–water partition coefficient (Wildman–Crippen LogP) is 2.46. The number of nitrogens with one attached hydrogen (secondary N) is 1. The van der Waals surface area contributed by atoms with Gasteiger partial charge in [0.05, 0.1) is 0 Å². The van der Waals surface area contributed by atoms with Gasteiger partial charge < -0.3 is 10.1 Å². The molecule has 18 heavy (non-hydrogen) atoms. The van der Waals surface area contributed by atoms with Crippen molar-refractivity contribution in [3.8, 4) is 6.01 Å². The third-order valence-electron chi connectivity index (χ3n) is 3.25. The van der Waals surface area contributed by atoms with Gasteiger partial charge in [0, 0.05) is 24.0 Å². The van der Waals surface area contributed by atoms with Crippen LogP contribution in [0.25, 0.3) is 0 Å².